The molecule has 0 saturated heterocycles. The number of aromatic nitrogens is 5. The Balaban J connectivity index is 1.88. The van der Waals surface area contributed by atoms with Crippen molar-refractivity contribution in [1.82, 2.24) is 30.0 Å². The Kier molecular flexibility index (Phi) is 9.71. The number of aryl methyl sites for hydroxylation is 1. The molecule has 0 fully saturated rings. The van der Waals surface area contributed by atoms with Crippen LogP contribution in [0.2, 0.25) is 5.02 Å². The van der Waals surface area contributed by atoms with Crippen molar-refractivity contribution < 1.29 is 44.7 Å². The first kappa shape index (κ1) is 33.0. The van der Waals surface area contributed by atoms with E-state index in [1.807, 2.05) is 6.26 Å². The van der Waals surface area contributed by atoms with Crippen LogP contribution in [0.1, 0.15) is 50.8 Å². The van der Waals surface area contributed by atoms with Gasteiger partial charge in [0.05, 0.1) is 33.7 Å². The Morgan fingerprint density at radius 2 is 1.74 bits per heavy atom. The molecule has 1 atom stereocenters. The topological polar surface area (TPSA) is 115 Å². The molecule has 3 aromatic rings. The fourth-order valence-corrected chi connectivity index (χ4v) is 4.33. The summed E-state index contributed by atoms with van der Waals surface area (Å²) in [6, 6.07) is 3.92. The van der Waals surface area contributed by atoms with E-state index in [1.165, 1.54) is 36.9 Å². The highest BCUT2D eigenvalue weighted by atomic mass is 35.5. The summed E-state index contributed by atoms with van der Waals surface area (Å²) in [6.45, 7) is 1.98. The Hall–Kier alpha value is -3.54. The van der Waals surface area contributed by atoms with E-state index in [1.54, 1.807) is 6.92 Å². The third-order valence-corrected chi connectivity index (χ3v) is 6.56. The number of alkyl halides is 8. The first-order valence-corrected chi connectivity index (χ1v) is 13.3. The number of rotatable bonds is 9. The molecule has 0 spiro atoms. The summed E-state index contributed by atoms with van der Waals surface area (Å²) < 4.78 is 105. The summed E-state index contributed by atoms with van der Waals surface area (Å²) in [5.41, 5.74) is -0.304. The average Bonchev–Trinajstić information content (AvgIpc) is 3.30. The molecule has 0 radical (unpaired) electrons. The molecule has 0 saturated carbocycles. The lowest BCUT2D eigenvalue weighted by Gasteiger charge is -2.16. The van der Waals surface area contributed by atoms with E-state index in [0.29, 0.717) is 5.75 Å². The highest BCUT2D eigenvalue weighted by molar-refractivity contribution is 7.98. The van der Waals surface area contributed by atoms with Crippen LogP contribution in [0.4, 0.5) is 40.8 Å². The molecule has 0 aliphatic rings. The Labute approximate surface area is 241 Å². The van der Waals surface area contributed by atoms with E-state index in [-0.39, 0.29) is 38.3 Å². The molecule has 2 heterocycles. The van der Waals surface area contributed by atoms with Gasteiger partial charge in [-0.1, -0.05) is 17.7 Å². The Morgan fingerprint density at radius 3 is 2.31 bits per heavy atom. The van der Waals surface area contributed by atoms with Crippen molar-refractivity contribution in [2.45, 2.75) is 44.7 Å². The third-order valence-electron chi connectivity index (χ3n) is 5.41. The zero-order chi connectivity index (χ0) is 31.6. The number of nitrogens with zero attached hydrogens (tertiary/aromatic N) is 5. The third kappa shape index (κ3) is 7.26. The number of hydrogen-bond acceptors (Lipinski definition) is 7. The molecule has 2 aromatic heterocycles. The second-order valence-electron chi connectivity index (χ2n) is 8.72. The average molecular weight is 646 g/mol. The van der Waals surface area contributed by atoms with Gasteiger partial charge in [-0.05, 0) is 32.2 Å². The van der Waals surface area contributed by atoms with Gasteiger partial charge in [0.1, 0.15) is 12.4 Å². The van der Waals surface area contributed by atoms with Crippen LogP contribution in [-0.4, -0.2) is 60.8 Å². The number of thioether (sulfide) groups is 1. The summed E-state index contributed by atoms with van der Waals surface area (Å²) in [6.07, 6.45) is -8.87. The predicted molar refractivity (Wildman–Crippen MR) is 136 cm³/mol. The molecule has 0 aliphatic heterocycles. The van der Waals surface area contributed by atoms with Gasteiger partial charge in [-0.2, -0.15) is 46.9 Å². The fraction of sp³-hybridized carbons (Fsp3) is 0.391. The van der Waals surface area contributed by atoms with Crippen molar-refractivity contribution >= 4 is 40.9 Å². The highest BCUT2D eigenvalue weighted by Gasteiger charge is 2.62. The molecule has 0 bridgehead atoms. The minimum atomic E-state index is -6.24. The van der Waals surface area contributed by atoms with Crippen molar-refractivity contribution in [3.05, 3.63) is 63.7 Å². The smallest absolute Gasteiger partial charge is 0.349 e. The van der Waals surface area contributed by atoms with Crippen LogP contribution in [0.25, 0.3) is 0 Å². The fourth-order valence-electron chi connectivity index (χ4n) is 3.49. The number of nitrogens with one attached hydrogen (secondary N) is 2. The summed E-state index contributed by atoms with van der Waals surface area (Å²) in [5, 5.41) is 7.89. The number of anilines is 1. The first-order chi connectivity index (χ1) is 19.4. The molecule has 228 valence electrons. The van der Waals surface area contributed by atoms with Crippen molar-refractivity contribution in [2.24, 2.45) is 0 Å². The maximum atomic E-state index is 13.6. The number of carbonyl (C=O) groups excluding carboxylic acids is 2. The minimum Gasteiger partial charge on any atom is -0.349 e. The number of halogens is 9. The molecule has 2 N–H and O–H groups in total. The number of benzene rings is 1. The van der Waals surface area contributed by atoms with Crippen molar-refractivity contribution in [3.63, 3.8) is 0 Å². The van der Waals surface area contributed by atoms with E-state index < -0.39 is 54.1 Å². The summed E-state index contributed by atoms with van der Waals surface area (Å²) in [7, 11) is 0. The second kappa shape index (κ2) is 12.4. The van der Waals surface area contributed by atoms with E-state index in [2.05, 4.69) is 30.7 Å². The molecular weight excluding hydrogens is 626 g/mol. The number of carbonyl (C=O) groups is 2. The highest BCUT2D eigenvalue weighted by Crippen LogP contribution is 2.43. The van der Waals surface area contributed by atoms with E-state index in [4.69, 9.17) is 11.6 Å². The maximum absolute atomic E-state index is 13.6. The van der Waals surface area contributed by atoms with Gasteiger partial charge in [0.25, 0.3) is 11.8 Å². The molecule has 2 amide bonds. The normalized spacial score (nSPS) is 13.1. The summed E-state index contributed by atoms with van der Waals surface area (Å²) >= 11 is 7.67. The van der Waals surface area contributed by atoms with Crippen molar-refractivity contribution in [3.8, 4) is 0 Å². The van der Waals surface area contributed by atoms with Gasteiger partial charge in [-0.25, -0.2) is 19.6 Å². The van der Waals surface area contributed by atoms with Gasteiger partial charge < -0.3 is 10.6 Å². The van der Waals surface area contributed by atoms with Gasteiger partial charge in [-0.15, -0.1) is 5.10 Å². The molecule has 1 aromatic carbocycles. The van der Waals surface area contributed by atoms with Crippen LogP contribution in [0, 0.1) is 6.92 Å². The molecule has 42 heavy (non-hydrogen) atoms. The Bertz CT molecular complexity index is 1480. The SMILES string of the molecule is CSC[C@H](C)NC(=O)c1c(Cl)cccc1C(=O)Nc1cnc(Cn2nc(C(F)(F)C(F)(F)F)nc2C(F)(F)F)nc1C. The van der Waals surface area contributed by atoms with E-state index >= 15 is 0 Å². The van der Waals surface area contributed by atoms with Gasteiger partial charge in [-0.3, -0.25) is 9.59 Å². The second-order valence-corrected chi connectivity index (χ2v) is 10.0. The first-order valence-electron chi connectivity index (χ1n) is 11.6. The minimum absolute atomic E-state index is 0.0106. The molecule has 0 unspecified atom stereocenters. The largest absolute Gasteiger partial charge is 0.461 e. The lowest BCUT2D eigenvalue weighted by atomic mass is 10.1. The standard InChI is InChI=1S/C23H20ClF8N7O2S/c1-10(9-42-3)34-18(41)16-12(5-4-6-13(16)24)17(40)36-14-7-33-15(35-11(14)2)8-39-20(22(27,28)29)37-19(38-39)21(25,26)23(30,31)32/h4-7,10H,8-9H2,1-3H3,(H,34,41)(H,36,40)/t10-/m0/s1. The zero-order valence-corrected chi connectivity index (χ0v) is 23.2. The summed E-state index contributed by atoms with van der Waals surface area (Å²) in [5.74, 6) is -11.6. The van der Waals surface area contributed by atoms with Crippen LogP contribution in [-0.2, 0) is 18.6 Å². The van der Waals surface area contributed by atoms with Crippen LogP contribution >= 0.6 is 23.4 Å². The Morgan fingerprint density at radius 1 is 1.07 bits per heavy atom. The maximum Gasteiger partial charge on any atom is 0.461 e. The van der Waals surface area contributed by atoms with Crippen LogP contribution < -0.4 is 10.6 Å². The van der Waals surface area contributed by atoms with Gasteiger partial charge in [0.2, 0.25) is 11.6 Å². The lowest BCUT2D eigenvalue weighted by molar-refractivity contribution is -0.292. The predicted octanol–water partition coefficient (Wildman–Crippen LogP) is 5.48. The molecule has 9 nitrogen and oxygen atoms in total. The molecular formula is C23H20ClF8N7O2S. The molecule has 3 rings (SSSR count). The van der Waals surface area contributed by atoms with Gasteiger partial charge >= 0.3 is 18.3 Å². The quantitative estimate of drug-likeness (QED) is 0.296. The number of amides is 2. The monoisotopic (exact) mass is 645 g/mol. The molecule has 0 aliphatic carbocycles. The molecule has 19 heteroatoms. The van der Waals surface area contributed by atoms with Crippen LogP contribution in [0.5, 0.6) is 0 Å². The van der Waals surface area contributed by atoms with E-state index in [0.717, 1.165) is 6.20 Å². The van der Waals surface area contributed by atoms with E-state index in [9.17, 15) is 44.7 Å². The van der Waals surface area contributed by atoms with Gasteiger partial charge in [0.15, 0.2) is 0 Å². The zero-order valence-electron chi connectivity index (χ0n) is 21.7. The summed E-state index contributed by atoms with van der Waals surface area (Å²) in [4.78, 5) is 35.9. The number of hydrogen-bond donors (Lipinski definition) is 2. The van der Waals surface area contributed by atoms with Crippen LogP contribution in [0.15, 0.2) is 24.4 Å². The van der Waals surface area contributed by atoms with Crippen molar-refractivity contribution in [1.29, 1.82) is 0 Å². The van der Waals surface area contributed by atoms with Crippen molar-refractivity contribution in [2.75, 3.05) is 17.3 Å². The van der Waals surface area contributed by atoms with Gasteiger partial charge in [0, 0.05) is 11.8 Å². The van der Waals surface area contributed by atoms with Crippen LogP contribution in [0.3, 0.4) is 0 Å². The lowest BCUT2D eigenvalue weighted by Crippen LogP contribution is -2.35.